The zero-order chi connectivity index (χ0) is 20.4. The predicted molar refractivity (Wildman–Crippen MR) is 107 cm³/mol. The summed E-state index contributed by atoms with van der Waals surface area (Å²) in [6.07, 6.45) is 0. The molecule has 0 saturated heterocycles. The zero-order valence-corrected chi connectivity index (χ0v) is 15.9. The van der Waals surface area contributed by atoms with Crippen molar-refractivity contribution in [3.8, 4) is 34.5 Å². The van der Waals surface area contributed by atoms with Gasteiger partial charge in [0.25, 0.3) is 5.56 Å². The molecule has 8 nitrogen and oxygen atoms in total. The third-order valence-corrected chi connectivity index (χ3v) is 5.39. The molecule has 4 aromatic rings. The highest BCUT2D eigenvalue weighted by Gasteiger charge is 2.25. The first-order valence-electron chi connectivity index (χ1n) is 8.82. The molecule has 0 fully saturated rings. The number of hydrogen-bond acceptors (Lipinski definition) is 7. The van der Waals surface area contributed by atoms with Crippen LogP contribution in [0.4, 0.5) is 0 Å². The Labute approximate surface area is 164 Å². The second-order valence-electron chi connectivity index (χ2n) is 6.76. The Kier molecular flexibility index (Phi) is 3.48. The highest BCUT2D eigenvalue weighted by Crippen LogP contribution is 2.49. The minimum Gasteiger partial charge on any atom is -0.504 e. The fraction of sp³-hybridized carbons (Fsp3) is 0.190. The van der Waals surface area contributed by atoms with Crippen molar-refractivity contribution in [1.82, 2.24) is 4.57 Å². The number of nitrogens with zero attached hydrogens (tertiary/aromatic N) is 1. The number of aromatic nitrogens is 1. The van der Waals surface area contributed by atoms with Crippen molar-refractivity contribution in [1.29, 1.82) is 0 Å². The number of fused-ring (bicyclic) bond motifs is 6. The van der Waals surface area contributed by atoms with Gasteiger partial charge in [0.1, 0.15) is 0 Å². The van der Waals surface area contributed by atoms with Gasteiger partial charge < -0.3 is 33.7 Å². The molecule has 0 saturated carbocycles. The number of pyridine rings is 1. The van der Waals surface area contributed by atoms with Crippen LogP contribution >= 0.6 is 0 Å². The van der Waals surface area contributed by atoms with E-state index in [0.29, 0.717) is 44.3 Å². The molecule has 29 heavy (non-hydrogen) atoms. The molecule has 0 spiro atoms. The number of benzene rings is 3. The molecular formula is C21H17NO7. The fourth-order valence-corrected chi connectivity index (χ4v) is 4.05. The van der Waals surface area contributed by atoms with Crippen molar-refractivity contribution in [2.24, 2.45) is 7.05 Å². The van der Waals surface area contributed by atoms with Gasteiger partial charge in [-0.2, -0.15) is 0 Å². The summed E-state index contributed by atoms with van der Waals surface area (Å²) in [4.78, 5) is 13.3. The third-order valence-electron chi connectivity index (χ3n) is 5.39. The predicted octanol–water partition coefficient (Wildman–Crippen LogP) is 3.00. The molecule has 5 rings (SSSR count). The summed E-state index contributed by atoms with van der Waals surface area (Å²) in [5.74, 6) is 0.980. The van der Waals surface area contributed by atoms with E-state index in [2.05, 4.69) is 0 Å². The average Bonchev–Trinajstić information content (AvgIpc) is 3.19. The first-order valence-corrected chi connectivity index (χ1v) is 8.82. The third kappa shape index (κ3) is 2.11. The largest absolute Gasteiger partial charge is 0.504 e. The highest BCUT2D eigenvalue weighted by molar-refractivity contribution is 6.21. The number of phenolic OH excluding ortho intramolecular Hbond substituents is 2. The van der Waals surface area contributed by atoms with Crippen LogP contribution in [0.5, 0.6) is 34.5 Å². The van der Waals surface area contributed by atoms with Crippen molar-refractivity contribution in [2.45, 2.75) is 0 Å². The summed E-state index contributed by atoms with van der Waals surface area (Å²) in [6.45, 7) is 0.0647. The lowest BCUT2D eigenvalue weighted by atomic mass is 9.98. The molecule has 148 valence electrons. The van der Waals surface area contributed by atoms with E-state index in [1.807, 2.05) is 0 Å². The number of aromatic hydroxyl groups is 2. The minimum atomic E-state index is -0.334. The Morgan fingerprint density at radius 2 is 1.62 bits per heavy atom. The van der Waals surface area contributed by atoms with Crippen LogP contribution in [0, 0.1) is 0 Å². The second-order valence-corrected chi connectivity index (χ2v) is 6.76. The number of phenols is 2. The number of ether oxygens (including phenoxy) is 4. The molecule has 2 N–H and O–H groups in total. The van der Waals surface area contributed by atoms with Crippen molar-refractivity contribution < 1.29 is 29.2 Å². The van der Waals surface area contributed by atoms with Gasteiger partial charge in [-0.15, -0.1) is 0 Å². The van der Waals surface area contributed by atoms with Crippen molar-refractivity contribution in [3.05, 3.63) is 34.6 Å². The standard InChI is InChI=1S/C21H17NO7/c1-22-17-10-6-13-14(29-8-28-13)7-11(10)18(23)19(24)15(17)9-4-5-12(26-2)20(27-3)16(9)21(22)25/h4-7,23-24H,8H2,1-3H3. The van der Waals surface area contributed by atoms with E-state index in [4.69, 9.17) is 18.9 Å². The Hall–Kier alpha value is -3.81. The van der Waals surface area contributed by atoms with E-state index in [0.717, 1.165) is 0 Å². The number of hydrogen-bond donors (Lipinski definition) is 2. The van der Waals surface area contributed by atoms with Crippen LogP contribution in [0.1, 0.15) is 0 Å². The maximum absolute atomic E-state index is 13.3. The summed E-state index contributed by atoms with van der Waals surface area (Å²) in [5, 5.41) is 23.6. The zero-order valence-electron chi connectivity index (χ0n) is 15.9. The molecule has 0 atom stereocenters. The molecule has 1 aromatic heterocycles. The Morgan fingerprint density at radius 1 is 0.931 bits per heavy atom. The lowest BCUT2D eigenvalue weighted by molar-refractivity contribution is 0.174. The summed E-state index contributed by atoms with van der Waals surface area (Å²) in [6, 6.07) is 6.61. The quantitative estimate of drug-likeness (QED) is 0.398. The molecule has 0 bridgehead atoms. The van der Waals surface area contributed by atoms with E-state index >= 15 is 0 Å². The molecule has 1 aliphatic rings. The Morgan fingerprint density at radius 3 is 2.28 bits per heavy atom. The minimum absolute atomic E-state index is 0.0647. The topological polar surface area (TPSA) is 99.4 Å². The SMILES string of the molecule is COc1ccc2c(c1OC)c(=O)n(C)c1c3cc4c(cc3c(O)c(O)c21)OCO4. The van der Waals surface area contributed by atoms with Crippen LogP contribution < -0.4 is 24.5 Å². The van der Waals surface area contributed by atoms with Crippen LogP contribution in [0.2, 0.25) is 0 Å². The number of methoxy groups -OCH3 is 2. The summed E-state index contributed by atoms with van der Waals surface area (Å²) >= 11 is 0. The van der Waals surface area contributed by atoms with Crippen molar-refractivity contribution in [2.75, 3.05) is 21.0 Å². The van der Waals surface area contributed by atoms with Gasteiger partial charge in [-0.3, -0.25) is 4.79 Å². The lowest BCUT2D eigenvalue weighted by Gasteiger charge is -2.17. The van der Waals surface area contributed by atoms with Crippen molar-refractivity contribution >= 4 is 32.4 Å². The molecule has 8 heteroatoms. The van der Waals surface area contributed by atoms with Crippen LogP contribution in [0.3, 0.4) is 0 Å². The maximum atomic E-state index is 13.3. The van der Waals surface area contributed by atoms with Gasteiger partial charge in [0, 0.05) is 23.2 Å². The van der Waals surface area contributed by atoms with Gasteiger partial charge in [-0.25, -0.2) is 0 Å². The number of aryl methyl sites for hydroxylation is 1. The normalized spacial score (nSPS) is 12.8. The molecule has 2 heterocycles. The summed E-state index contributed by atoms with van der Waals surface area (Å²) in [7, 11) is 4.53. The molecule has 0 aliphatic carbocycles. The van der Waals surface area contributed by atoms with E-state index in [1.165, 1.54) is 18.8 Å². The molecular weight excluding hydrogens is 378 g/mol. The molecule has 3 aromatic carbocycles. The molecule has 0 unspecified atom stereocenters. The molecule has 1 aliphatic heterocycles. The second kappa shape index (κ2) is 5.84. The van der Waals surface area contributed by atoms with Gasteiger partial charge in [-0.1, -0.05) is 0 Å². The van der Waals surface area contributed by atoms with Gasteiger partial charge in [0.2, 0.25) is 6.79 Å². The van der Waals surface area contributed by atoms with E-state index in [9.17, 15) is 15.0 Å². The summed E-state index contributed by atoms with van der Waals surface area (Å²) < 4.78 is 23.0. The summed E-state index contributed by atoms with van der Waals surface area (Å²) in [5.41, 5.74) is 0.130. The fourth-order valence-electron chi connectivity index (χ4n) is 4.05. The van der Waals surface area contributed by atoms with Crippen molar-refractivity contribution in [3.63, 3.8) is 0 Å². The van der Waals surface area contributed by atoms with Gasteiger partial charge in [0.15, 0.2) is 34.5 Å². The van der Waals surface area contributed by atoms with Crippen LogP contribution in [-0.2, 0) is 7.05 Å². The van der Waals surface area contributed by atoms with Gasteiger partial charge in [0.05, 0.1) is 30.5 Å². The molecule has 0 amide bonds. The molecule has 0 radical (unpaired) electrons. The van der Waals surface area contributed by atoms with E-state index in [-0.39, 0.29) is 35.0 Å². The Balaban J connectivity index is 2.10. The first kappa shape index (κ1) is 17.3. The maximum Gasteiger partial charge on any atom is 0.262 e. The smallest absolute Gasteiger partial charge is 0.262 e. The lowest BCUT2D eigenvalue weighted by Crippen LogP contribution is -2.18. The highest BCUT2D eigenvalue weighted by atomic mass is 16.7. The van der Waals surface area contributed by atoms with Gasteiger partial charge >= 0.3 is 0 Å². The number of rotatable bonds is 2. The van der Waals surface area contributed by atoms with Gasteiger partial charge in [-0.05, 0) is 24.3 Å². The monoisotopic (exact) mass is 395 g/mol. The van der Waals surface area contributed by atoms with Crippen LogP contribution in [0.25, 0.3) is 32.4 Å². The van der Waals surface area contributed by atoms with E-state index < -0.39 is 0 Å². The van der Waals surface area contributed by atoms with Crippen LogP contribution in [0.15, 0.2) is 29.1 Å². The van der Waals surface area contributed by atoms with Crippen LogP contribution in [-0.4, -0.2) is 35.8 Å². The average molecular weight is 395 g/mol. The first-order chi connectivity index (χ1) is 14.0. The Bertz CT molecular complexity index is 1400. The van der Waals surface area contributed by atoms with E-state index in [1.54, 1.807) is 31.3 Å².